The third-order valence-corrected chi connectivity index (χ3v) is 4.11. The number of ether oxygens (including phenoxy) is 3. The Morgan fingerprint density at radius 3 is 2.00 bits per heavy atom. The molecule has 18 heavy (non-hydrogen) atoms. The fourth-order valence-corrected chi connectivity index (χ4v) is 2.16. The van der Waals surface area contributed by atoms with Crippen molar-refractivity contribution >= 4 is 6.21 Å². The van der Waals surface area contributed by atoms with Gasteiger partial charge in [-0.1, -0.05) is 13.8 Å². The van der Waals surface area contributed by atoms with Crippen molar-refractivity contribution in [2.24, 2.45) is 10.4 Å². The third-order valence-electron chi connectivity index (χ3n) is 4.11. The topological polar surface area (TPSA) is 40.0 Å². The van der Waals surface area contributed by atoms with Crippen LogP contribution in [0, 0.1) is 5.41 Å². The summed E-state index contributed by atoms with van der Waals surface area (Å²) in [6.07, 6.45) is 1.48. The quantitative estimate of drug-likeness (QED) is 0.759. The highest BCUT2D eigenvalue weighted by atomic mass is 16.7. The van der Waals surface area contributed by atoms with Gasteiger partial charge in [0.1, 0.15) is 0 Å². The van der Waals surface area contributed by atoms with Gasteiger partial charge in [-0.3, -0.25) is 0 Å². The molecule has 0 spiro atoms. The lowest BCUT2D eigenvalue weighted by atomic mass is 9.87. The third kappa shape index (κ3) is 1.88. The Labute approximate surface area is 109 Å². The van der Waals surface area contributed by atoms with Crippen LogP contribution in [0.2, 0.25) is 0 Å². The lowest BCUT2D eigenvalue weighted by Crippen LogP contribution is -2.41. The van der Waals surface area contributed by atoms with Crippen LogP contribution in [0.15, 0.2) is 16.4 Å². The van der Waals surface area contributed by atoms with E-state index in [1.54, 1.807) is 7.11 Å². The zero-order valence-corrected chi connectivity index (χ0v) is 12.3. The van der Waals surface area contributed by atoms with Gasteiger partial charge in [0.2, 0.25) is 5.88 Å². The molecule has 2 aliphatic heterocycles. The lowest BCUT2D eigenvalue weighted by molar-refractivity contribution is -0.0680. The molecule has 1 fully saturated rings. The molecule has 4 nitrogen and oxygen atoms in total. The van der Waals surface area contributed by atoms with E-state index in [2.05, 4.69) is 18.8 Å². The monoisotopic (exact) mass is 253 g/mol. The molecule has 2 aliphatic rings. The summed E-state index contributed by atoms with van der Waals surface area (Å²) in [5.74, 6) is 0.610. The van der Waals surface area contributed by atoms with Gasteiger partial charge in [0.05, 0.1) is 23.9 Å². The van der Waals surface area contributed by atoms with E-state index in [0.717, 1.165) is 5.57 Å². The largest absolute Gasteiger partial charge is 0.481 e. The molecule has 4 heteroatoms. The van der Waals surface area contributed by atoms with Crippen LogP contribution in [-0.2, 0) is 14.2 Å². The summed E-state index contributed by atoms with van der Waals surface area (Å²) < 4.78 is 17.5. The SMILES string of the molecule is COC1=C(C2OC(C)(C)C(C)(C)O2)C(C)(C)C=N1. The highest BCUT2D eigenvalue weighted by Crippen LogP contribution is 2.46. The van der Waals surface area contributed by atoms with E-state index >= 15 is 0 Å². The zero-order valence-electron chi connectivity index (χ0n) is 12.3. The molecule has 0 amide bonds. The molecule has 0 aliphatic carbocycles. The maximum atomic E-state index is 6.08. The van der Waals surface area contributed by atoms with E-state index in [1.807, 2.05) is 33.9 Å². The van der Waals surface area contributed by atoms with Crippen molar-refractivity contribution in [2.75, 3.05) is 7.11 Å². The Morgan fingerprint density at radius 2 is 1.56 bits per heavy atom. The summed E-state index contributed by atoms with van der Waals surface area (Å²) in [5, 5.41) is 0. The van der Waals surface area contributed by atoms with Gasteiger partial charge in [-0.25, -0.2) is 4.99 Å². The Morgan fingerprint density at radius 1 is 1.06 bits per heavy atom. The van der Waals surface area contributed by atoms with E-state index in [9.17, 15) is 0 Å². The first-order valence-corrected chi connectivity index (χ1v) is 6.30. The minimum atomic E-state index is -0.401. The minimum Gasteiger partial charge on any atom is -0.481 e. The predicted molar refractivity (Wildman–Crippen MR) is 70.4 cm³/mol. The smallest absolute Gasteiger partial charge is 0.217 e. The van der Waals surface area contributed by atoms with Gasteiger partial charge in [0.15, 0.2) is 6.29 Å². The number of aliphatic imine (C=N–C) groups is 1. The van der Waals surface area contributed by atoms with Crippen molar-refractivity contribution in [3.63, 3.8) is 0 Å². The van der Waals surface area contributed by atoms with Gasteiger partial charge in [0, 0.05) is 11.6 Å². The number of nitrogens with zero attached hydrogens (tertiary/aromatic N) is 1. The van der Waals surface area contributed by atoms with Crippen LogP contribution in [0.5, 0.6) is 0 Å². The second-order valence-corrected chi connectivity index (χ2v) is 6.49. The number of hydrogen-bond donors (Lipinski definition) is 0. The Hall–Kier alpha value is -0.870. The number of rotatable bonds is 2. The summed E-state index contributed by atoms with van der Waals surface area (Å²) >= 11 is 0. The first kappa shape index (κ1) is 13.6. The van der Waals surface area contributed by atoms with Gasteiger partial charge in [-0.05, 0) is 27.7 Å². The molecule has 0 aromatic heterocycles. The summed E-state index contributed by atoms with van der Waals surface area (Å²) in [5.41, 5.74) is 0.0697. The van der Waals surface area contributed by atoms with Crippen LogP contribution in [-0.4, -0.2) is 30.8 Å². The average molecular weight is 253 g/mol. The van der Waals surface area contributed by atoms with E-state index in [-0.39, 0.29) is 16.6 Å². The predicted octanol–water partition coefficient (Wildman–Crippen LogP) is 2.89. The average Bonchev–Trinajstić information content (AvgIpc) is 2.60. The summed E-state index contributed by atoms with van der Waals surface area (Å²) in [6, 6.07) is 0. The van der Waals surface area contributed by atoms with Gasteiger partial charge >= 0.3 is 0 Å². The van der Waals surface area contributed by atoms with Crippen molar-refractivity contribution in [1.29, 1.82) is 0 Å². The number of hydrogen-bond acceptors (Lipinski definition) is 4. The first-order chi connectivity index (χ1) is 8.11. The minimum absolute atomic E-state index is 0.202. The lowest BCUT2D eigenvalue weighted by Gasteiger charge is -2.30. The molecule has 0 aromatic rings. The van der Waals surface area contributed by atoms with Crippen LogP contribution >= 0.6 is 0 Å². The molecular formula is C14H23NO3. The Kier molecular flexibility index (Phi) is 2.87. The molecule has 102 valence electrons. The van der Waals surface area contributed by atoms with E-state index in [0.29, 0.717) is 5.88 Å². The zero-order chi connectivity index (χ0) is 13.8. The van der Waals surface area contributed by atoms with Crippen molar-refractivity contribution in [2.45, 2.75) is 59.0 Å². The molecule has 0 bridgehead atoms. The molecular weight excluding hydrogens is 230 g/mol. The van der Waals surface area contributed by atoms with Crippen molar-refractivity contribution in [1.82, 2.24) is 0 Å². The van der Waals surface area contributed by atoms with Gasteiger partial charge in [-0.15, -0.1) is 0 Å². The van der Waals surface area contributed by atoms with Gasteiger partial charge < -0.3 is 14.2 Å². The van der Waals surface area contributed by atoms with Crippen molar-refractivity contribution < 1.29 is 14.2 Å². The fourth-order valence-electron chi connectivity index (χ4n) is 2.16. The molecule has 2 rings (SSSR count). The van der Waals surface area contributed by atoms with Crippen LogP contribution in [0.25, 0.3) is 0 Å². The fraction of sp³-hybridized carbons (Fsp3) is 0.786. The Balaban J connectivity index is 2.35. The number of methoxy groups -OCH3 is 1. The summed E-state index contributed by atoms with van der Waals surface area (Å²) in [4.78, 5) is 4.30. The highest BCUT2D eigenvalue weighted by molar-refractivity contribution is 5.74. The normalized spacial score (nSPS) is 29.1. The molecule has 2 heterocycles. The van der Waals surface area contributed by atoms with Gasteiger partial charge in [-0.2, -0.15) is 0 Å². The molecule has 0 unspecified atom stereocenters. The van der Waals surface area contributed by atoms with Crippen molar-refractivity contribution in [3.8, 4) is 0 Å². The van der Waals surface area contributed by atoms with Crippen LogP contribution < -0.4 is 0 Å². The van der Waals surface area contributed by atoms with Crippen LogP contribution in [0.4, 0.5) is 0 Å². The summed E-state index contributed by atoms with van der Waals surface area (Å²) in [7, 11) is 1.62. The van der Waals surface area contributed by atoms with Crippen LogP contribution in [0.1, 0.15) is 41.5 Å². The molecule has 0 N–H and O–H groups in total. The van der Waals surface area contributed by atoms with Gasteiger partial charge in [0.25, 0.3) is 0 Å². The maximum absolute atomic E-state index is 6.08. The standard InChI is InChI=1S/C14H23NO3/c1-12(2)8-15-10(16-7)9(12)11-17-13(3,4)14(5,6)18-11/h8,11H,1-7H3. The Bertz CT molecular complexity index is 403. The second-order valence-electron chi connectivity index (χ2n) is 6.49. The van der Waals surface area contributed by atoms with E-state index in [4.69, 9.17) is 14.2 Å². The molecule has 0 radical (unpaired) electrons. The first-order valence-electron chi connectivity index (χ1n) is 6.30. The summed E-state index contributed by atoms with van der Waals surface area (Å²) in [6.45, 7) is 12.4. The molecule has 1 saturated heterocycles. The molecule has 0 atom stereocenters. The van der Waals surface area contributed by atoms with E-state index < -0.39 is 6.29 Å². The molecule has 0 saturated carbocycles. The maximum Gasteiger partial charge on any atom is 0.217 e. The highest BCUT2D eigenvalue weighted by Gasteiger charge is 2.53. The van der Waals surface area contributed by atoms with Crippen LogP contribution in [0.3, 0.4) is 0 Å². The second kappa shape index (κ2) is 3.81. The molecule has 0 aromatic carbocycles. The van der Waals surface area contributed by atoms with E-state index in [1.165, 1.54) is 0 Å². The van der Waals surface area contributed by atoms with Crippen molar-refractivity contribution in [3.05, 3.63) is 11.5 Å².